The van der Waals surface area contributed by atoms with E-state index in [1.54, 1.807) is 11.0 Å². The van der Waals surface area contributed by atoms with Gasteiger partial charge < -0.3 is 15.0 Å². The van der Waals surface area contributed by atoms with Crippen molar-refractivity contribution in [2.45, 2.75) is 39.3 Å². The van der Waals surface area contributed by atoms with Crippen LogP contribution in [0.25, 0.3) is 0 Å². The minimum atomic E-state index is -0.684. The van der Waals surface area contributed by atoms with Crippen LogP contribution in [0.2, 0.25) is 0 Å². The first-order valence-electron chi connectivity index (χ1n) is 8.33. The summed E-state index contributed by atoms with van der Waals surface area (Å²) in [5.74, 6) is -0.0749. The van der Waals surface area contributed by atoms with E-state index in [1.165, 1.54) is 0 Å². The summed E-state index contributed by atoms with van der Waals surface area (Å²) in [5, 5.41) is 2.73. The molecule has 0 aromatic heterocycles. The van der Waals surface area contributed by atoms with Gasteiger partial charge in [0.15, 0.2) is 0 Å². The number of carbonyl (C=O) groups excluding carboxylic acids is 2. The van der Waals surface area contributed by atoms with E-state index in [9.17, 15) is 9.59 Å². The van der Waals surface area contributed by atoms with Crippen LogP contribution in [0.1, 0.15) is 32.3 Å². The summed E-state index contributed by atoms with van der Waals surface area (Å²) in [6.07, 6.45) is 3.12. The Bertz CT molecular complexity index is 578. The first-order valence-corrected chi connectivity index (χ1v) is 8.33. The fourth-order valence-electron chi connectivity index (χ4n) is 2.69. The minimum Gasteiger partial charge on any atom is -0.445 e. The first kappa shape index (κ1) is 18.0. The maximum absolute atomic E-state index is 12.8. The molecule has 1 atom stereocenters. The van der Waals surface area contributed by atoms with Crippen molar-refractivity contribution in [2.75, 3.05) is 13.1 Å². The van der Waals surface area contributed by atoms with Crippen molar-refractivity contribution in [3.05, 3.63) is 48.6 Å². The van der Waals surface area contributed by atoms with Crippen molar-refractivity contribution >= 4 is 12.0 Å². The average Bonchev–Trinajstić information content (AvgIpc) is 3.12. The Morgan fingerprint density at radius 1 is 1.29 bits per heavy atom. The second kappa shape index (κ2) is 7.99. The second-order valence-corrected chi connectivity index (χ2v) is 6.70. The molecule has 1 heterocycles. The van der Waals surface area contributed by atoms with Crippen molar-refractivity contribution < 1.29 is 14.3 Å². The lowest BCUT2D eigenvalue weighted by atomic mass is 9.83. The van der Waals surface area contributed by atoms with Crippen molar-refractivity contribution in [1.82, 2.24) is 10.2 Å². The van der Waals surface area contributed by atoms with Crippen LogP contribution in [-0.4, -0.2) is 36.0 Å². The van der Waals surface area contributed by atoms with E-state index in [0.717, 1.165) is 31.5 Å². The van der Waals surface area contributed by atoms with Gasteiger partial charge in [-0.15, -0.1) is 6.58 Å². The number of nitrogens with zero attached hydrogens (tertiary/aromatic N) is 1. The predicted octanol–water partition coefficient (Wildman–Crippen LogP) is 3.12. The van der Waals surface area contributed by atoms with Gasteiger partial charge in [-0.2, -0.15) is 0 Å². The zero-order chi connectivity index (χ0) is 17.6. The van der Waals surface area contributed by atoms with Crippen molar-refractivity contribution in [3.63, 3.8) is 0 Å². The minimum absolute atomic E-state index is 0.0749. The van der Waals surface area contributed by atoms with E-state index >= 15 is 0 Å². The lowest BCUT2D eigenvalue weighted by molar-refractivity contribution is -0.134. The van der Waals surface area contributed by atoms with Gasteiger partial charge in [-0.3, -0.25) is 4.79 Å². The van der Waals surface area contributed by atoms with Gasteiger partial charge in [-0.05, 0) is 18.4 Å². The molecule has 1 aliphatic heterocycles. The number of hydrogen-bond acceptors (Lipinski definition) is 3. The average molecular weight is 330 g/mol. The second-order valence-electron chi connectivity index (χ2n) is 6.70. The van der Waals surface area contributed by atoms with Gasteiger partial charge >= 0.3 is 6.09 Å². The normalized spacial score (nSPS) is 15.7. The van der Waals surface area contributed by atoms with E-state index in [0.29, 0.717) is 0 Å². The zero-order valence-electron chi connectivity index (χ0n) is 14.5. The quantitative estimate of drug-likeness (QED) is 0.815. The maximum atomic E-state index is 12.8. The van der Waals surface area contributed by atoms with Crippen LogP contribution in [-0.2, 0) is 16.1 Å². The number of likely N-dealkylation sites (tertiary alicyclic amines) is 1. The zero-order valence-corrected chi connectivity index (χ0v) is 14.5. The molecule has 2 amide bonds. The van der Waals surface area contributed by atoms with Gasteiger partial charge in [0, 0.05) is 18.5 Å². The van der Waals surface area contributed by atoms with Crippen LogP contribution in [0.4, 0.5) is 4.79 Å². The topological polar surface area (TPSA) is 58.6 Å². The van der Waals surface area contributed by atoms with Crippen LogP contribution < -0.4 is 5.32 Å². The van der Waals surface area contributed by atoms with Crippen LogP contribution in [0, 0.1) is 5.41 Å². The van der Waals surface area contributed by atoms with Gasteiger partial charge in [0.25, 0.3) is 0 Å². The number of alkyl carbamates (subject to hydrolysis) is 1. The lowest BCUT2D eigenvalue weighted by Crippen LogP contribution is -2.54. The smallest absolute Gasteiger partial charge is 0.408 e. The molecule has 1 saturated heterocycles. The standard InChI is InChI=1S/C19H26N2O3/c1-4-19(2,3)16(17(22)21-12-8-9-13-21)20-18(23)24-14-15-10-6-5-7-11-15/h4-7,10-11,16H,1,8-9,12-14H2,2-3H3,(H,20,23)/t16-/m0/s1. The molecule has 5 heteroatoms. The Balaban J connectivity index is 2.00. The van der Waals surface area contributed by atoms with E-state index in [2.05, 4.69) is 11.9 Å². The van der Waals surface area contributed by atoms with Gasteiger partial charge in [0.2, 0.25) is 5.91 Å². The Morgan fingerprint density at radius 2 is 1.92 bits per heavy atom. The number of ether oxygens (including phenoxy) is 1. The molecular weight excluding hydrogens is 304 g/mol. The number of benzene rings is 1. The highest BCUT2D eigenvalue weighted by atomic mass is 16.5. The monoisotopic (exact) mass is 330 g/mol. The molecule has 0 aliphatic carbocycles. The van der Waals surface area contributed by atoms with E-state index < -0.39 is 17.6 Å². The lowest BCUT2D eigenvalue weighted by Gasteiger charge is -2.33. The molecule has 5 nitrogen and oxygen atoms in total. The van der Waals surface area contributed by atoms with Crippen LogP contribution in [0.15, 0.2) is 43.0 Å². The Labute approximate surface area is 143 Å². The molecule has 1 fully saturated rings. The van der Waals surface area contributed by atoms with E-state index in [-0.39, 0.29) is 12.5 Å². The third-order valence-corrected chi connectivity index (χ3v) is 4.41. The number of carbonyl (C=O) groups is 2. The molecule has 1 aromatic carbocycles. The molecule has 1 aromatic rings. The molecule has 0 unspecified atom stereocenters. The first-order chi connectivity index (χ1) is 11.4. The van der Waals surface area contributed by atoms with Gasteiger partial charge in [0.05, 0.1) is 0 Å². The number of hydrogen-bond donors (Lipinski definition) is 1. The van der Waals surface area contributed by atoms with Gasteiger partial charge in [0.1, 0.15) is 12.6 Å². The summed E-state index contributed by atoms with van der Waals surface area (Å²) in [6.45, 7) is 9.22. The molecule has 0 radical (unpaired) electrons. The molecule has 0 spiro atoms. The Hall–Kier alpha value is -2.30. The Morgan fingerprint density at radius 3 is 2.50 bits per heavy atom. The van der Waals surface area contributed by atoms with Crippen molar-refractivity contribution in [2.24, 2.45) is 5.41 Å². The summed E-state index contributed by atoms with van der Waals surface area (Å²) in [6, 6.07) is 8.76. The maximum Gasteiger partial charge on any atom is 0.408 e. The molecule has 0 saturated carbocycles. The van der Waals surface area contributed by atoms with Crippen molar-refractivity contribution in [1.29, 1.82) is 0 Å². The summed E-state index contributed by atoms with van der Waals surface area (Å²) in [5.41, 5.74) is 0.337. The SMILES string of the molecule is C=CC(C)(C)[C@@H](NC(=O)OCc1ccccc1)C(=O)N1CCCC1. The third-order valence-electron chi connectivity index (χ3n) is 4.41. The molecule has 1 aliphatic rings. The van der Waals surface area contributed by atoms with Crippen LogP contribution in [0.5, 0.6) is 0 Å². The summed E-state index contributed by atoms with van der Waals surface area (Å²) < 4.78 is 5.26. The molecule has 2 rings (SSSR count). The molecular formula is C19H26N2O3. The fraction of sp³-hybridized carbons (Fsp3) is 0.474. The molecule has 0 bridgehead atoms. The number of rotatable bonds is 6. The van der Waals surface area contributed by atoms with Gasteiger partial charge in [-0.25, -0.2) is 4.79 Å². The largest absolute Gasteiger partial charge is 0.445 e. The predicted molar refractivity (Wildman–Crippen MR) is 93.3 cm³/mol. The fourth-order valence-corrected chi connectivity index (χ4v) is 2.69. The summed E-state index contributed by atoms with van der Waals surface area (Å²) in [4.78, 5) is 26.7. The number of amides is 2. The van der Waals surface area contributed by atoms with Crippen LogP contribution in [0.3, 0.4) is 0 Å². The molecule has 130 valence electrons. The number of nitrogens with one attached hydrogen (secondary N) is 1. The van der Waals surface area contributed by atoms with E-state index in [1.807, 2.05) is 44.2 Å². The molecule has 1 N–H and O–H groups in total. The summed E-state index contributed by atoms with van der Waals surface area (Å²) in [7, 11) is 0. The Kier molecular flexibility index (Phi) is 6.01. The van der Waals surface area contributed by atoms with Gasteiger partial charge in [-0.1, -0.05) is 50.3 Å². The highest BCUT2D eigenvalue weighted by Gasteiger charge is 2.38. The highest BCUT2D eigenvalue weighted by molar-refractivity contribution is 5.87. The molecule has 24 heavy (non-hydrogen) atoms. The van der Waals surface area contributed by atoms with E-state index in [4.69, 9.17) is 4.74 Å². The third kappa shape index (κ3) is 4.60. The highest BCUT2D eigenvalue weighted by Crippen LogP contribution is 2.25. The summed E-state index contributed by atoms with van der Waals surface area (Å²) >= 11 is 0. The van der Waals surface area contributed by atoms with Crippen LogP contribution >= 0.6 is 0 Å². The van der Waals surface area contributed by atoms with Crippen molar-refractivity contribution in [3.8, 4) is 0 Å².